The van der Waals surface area contributed by atoms with E-state index in [1.54, 1.807) is 0 Å². The number of carbonyl (C=O) groups is 1. The fourth-order valence-electron chi connectivity index (χ4n) is 3.92. The minimum absolute atomic E-state index is 0.0470. The Morgan fingerprint density at radius 1 is 1.32 bits per heavy atom. The van der Waals surface area contributed by atoms with Crippen molar-refractivity contribution in [2.45, 2.75) is 63.6 Å². The Kier molecular flexibility index (Phi) is 4.08. The zero-order chi connectivity index (χ0) is 13.2. The van der Waals surface area contributed by atoms with Crippen molar-refractivity contribution < 1.29 is 9.53 Å². The maximum absolute atomic E-state index is 12.2. The topological polar surface area (TPSA) is 50.4 Å². The summed E-state index contributed by atoms with van der Waals surface area (Å²) in [6, 6.07) is 0.643. The monoisotopic (exact) mass is 266 g/mol. The molecule has 0 aromatic carbocycles. The van der Waals surface area contributed by atoms with Crippen molar-refractivity contribution >= 4 is 5.91 Å². The molecule has 3 rings (SSSR count). The van der Waals surface area contributed by atoms with Gasteiger partial charge >= 0.3 is 0 Å². The van der Waals surface area contributed by atoms with Crippen molar-refractivity contribution in [3.8, 4) is 0 Å². The van der Waals surface area contributed by atoms with Crippen molar-refractivity contribution in [3.05, 3.63) is 0 Å². The lowest BCUT2D eigenvalue weighted by molar-refractivity contribution is -0.123. The summed E-state index contributed by atoms with van der Waals surface area (Å²) in [5, 5.41) is 6.66. The third-order valence-corrected chi connectivity index (χ3v) is 5.25. The van der Waals surface area contributed by atoms with Crippen molar-refractivity contribution in [3.63, 3.8) is 0 Å². The highest BCUT2D eigenvalue weighted by molar-refractivity contribution is 5.82. The smallest absolute Gasteiger partial charge is 0.237 e. The standard InChI is InChI=1S/C15H26N2O2/c1-10-12(6-7-19-10)9-16-15(18)14-8-11-4-2-3-5-13(11)17-14/h10-14,17H,2-9H2,1H3,(H,16,18). The number of nitrogens with one attached hydrogen (secondary N) is 2. The molecule has 2 aliphatic heterocycles. The van der Waals surface area contributed by atoms with Gasteiger partial charge in [0.25, 0.3) is 0 Å². The highest BCUT2D eigenvalue weighted by atomic mass is 16.5. The second-order valence-electron chi connectivity index (χ2n) is 6.48. The fraction of sp³-hybridized carbons (Fsp3) is 0.933. The predicted octanol–water partition coefficient (Wildman–Crippen LogP) is 1.45. The van der Waals surface area contributed by atoms with E-state index in [1.807, 2.05) is 0 Å². The van der Waals surface area contributed by atoms with E-state index in [-0.39, 0.29) is 11.9 Å². The Hall–Kier alpha value is -0.610. The number of hydrogen-bond donors (Lipinski definition) is 2. The van der Waals surface area contributed by atoms with Crippen molar-refractivity contribution in [1.82, 2.24) is 10.6 Å². The first-order valence-corrected chi connectivity index (χ1v) is 7.89. The van der Waals surface area contributed by atoms with Crippen LogP contribution in [0.5, 0.6) is 0 Å². The Balaban J connectivity index is 1.45. The number of fused-ring (bicyclic) bond motifs is 1. The largest absolute Gasteiger partial charge is 0.378 e. The molecule has 108 valence electrons. The molecule has 2 saturated heterocycles. The lowest BCUT2D eigenvalue weighted by atomic mass is 9.85. The average molecular weight is 266 g/mol. The highest BCUT2D eigenvalue weighted by Crippen LogP contribution is 2.33. The quantitative estimate of drug-likeness (QED) is 0.813. The van der Waals surface area contributed by atoms with Crippen LogP contribution in [0.25, 0.3) is 0 Å². The fourth-order valence-corrected chi connectivity index (χ4v) is 3.92. The average Bonchev–Trinajstić information content (AvgIpc) is 3.01. The lowest BCUT2D eigenvalue weighted by Crippen LogP contribution is -2.45. The summed E-state index contributed by atoms with van der Waals surface area (Å²) in [6.45, 7) is 3.72. The van der Waals surface area contributed by atoms with Crippen molar-refractivity contribution in [2.75, 3.05) is 13.2 Å². The van der Waals surface area contributed by atoms with E-state index in [1.165, 1.54) is 25.7 Å². The lowest BCUT2D eigenvalue weighted by Gasteiger charge is -2.24. The maximum atomic E-state index is 12.2. The van der Waals surface area contributed by atoms with E-state index in [4.69, 9.17) is 4.74 Å². The zero-order valence-corrected chi connectivity index (χ0v) is 11.9. The third-order valence-electron chi connectivity index (χ3n) is 5.25. The summed E-state index contributed by atoms with van der Waals surface area (Å²) in [7, 11) is 0. The Morgan fingerprint density at radius 2 is 2.16 bits per heavy atom. The van der Waals surface area contributed by atoms with E-state index < -0.39 is 0 Å². The second-order valence-corrected chi connectivity index (χ2v) is 6.48. The highest BCUT2D eigenvalue weighted by Gasteiger charge is 2.38. The number of carbonyl (C=O) groups excluding carboxylic acids is 1. The third kappa shape index (κ3) is 2.95. The van der Waals surface area contributed by atoms with Gasteiger partial charge in [-0.3, -0.25) is 4.79 Å². The van der Waals surface area contributed by atoms with Crippen LogP contribution in [0.4, 0.5) is 0 Å². The normalized spacial score (nSPS) is 42.1. The minimum Gasteiger partial charge on any atom is -0.378 e. The van der Waals surface area contributed by atoms with Gasteiger partial charge in [0.1, 0.15) is 0 Å². The van der Waals surface area contributed by atoms with Gasteiger partial charge in [-0.2, -0.15) is 0 Å². The van der Waals surface area contributed by atoms with Gasteiger partial charge in [0.15, 0.2) is 0 Å². The van der Waals surface area contributed by atoms with Gasteiger partial charge in [-0.05, 0) is 38.5 Å². The van der Waals surface area contributed by atoms with Gasteiger partial charge in [0, 0.05) is 25.1 Å². The first-order chi connectivity index (χ1) is 9.24. The van der Waals surface area contributed by atoms with Gasteiger partial charge in [-0.25, -0.2) is 0 Å². The molecule has 5 atom stereocenters. The molecule has 0 radical (unpaired) electrons. The molecule has 0 bridgehead atoms. The van der Waals surface area contributed by atoms with Crippen molar-refractivity contribution in [1.29, 1.82) is 0 Å². The molecule has 4 nitrogen and oxygen atoms in total. The van der Waals surface area contributed by atoms with E-state index in [2.05, 4.69) is 17.6 Å². The van der Waals surface area contributed by atoms with Crippen LogP contribution in [0, 0.1) is 11.8 Å². The summed E-state index contributed by atoms with van der Waals surface area (Å²) in [5.41, 5.74) is 0. The summed E-state index contributed by atoms with van der Waals surface area (Å²) in [4.78, 5) is 12.2. The predicted molar refractivity (Wildman–Crippen MR) is 73.8 cm³/mol. The summed E-state index contributed by atoms with van der Waals surface area (Å²) < 4.78 is 5.53. The van der Waals surface area contributed by atoms with Crippen LogP contribution in [-0.4, -0.2) is 37.2 Å². The molecule has 3 aliphatic rings. The van der Waals surface area contributed by atoms with Gasteiger partial charge < -0.3 is 15.4 Å². The van der Waals surface area contributed by atoms with Gasteiger partial charge in [0.2, 0.25) is 5.91 Å². The van der Waals surface area contributed by atoms with Gasteiger partial charge in [-0.1, -0.05) is 12.8 Å². The first-order valence-electron chi connectivity index (χ1n) is 7.89. The van der Waals surface area contributed by atoms with E-state index in [0.29, 0.717) is 18.1 Å². The summed E-state index contributed by atoms with van der Waals surface area (Å²) >= 11 is 0. The summed E-state index contributed by atoms with van der Waals surface area (Å²) in [6.07, 6.45) is 7.61. The Morgan fingerprint density at radius 3 is 2.89 bits per heavy atom. The van der Waals surface area contributed by atoms with E-state index in [9.17, 15) is 4.79 Å². The number of hydrogen-bond acceptors (Lipinski definition) is 3. The van der Waals surface area contributed by atoms with Crippen LogP contribution in [0.3, 0.4) is 0 Å². The molecular formula is C15H26N2O2. The van der Waals surface area contributed by atoms with Crippen LogP contribution < -0.4 is 10.6 Å². The first kappa shape index (κ1) is 13.4. The van der Waals surface area contributed by atoms with E-state index in [0.717, 1.165) is 31.9 Å². The summed E-state index contributed by atoms with van der Waals surface area (Å²) in [5.74, 6) is 1.43. The van der Waals surface area contributed by atoms with Crippen LogP contribution in [0.1, 0.15) is 45.4 Å². The molecule has 19 heavy (non-hydrogen) atoms. The Bertz CT molecular complexity index is 320. The number of rotatable bonds is 3. The van der Waals surface area contributed by atoms with Crippen molar-refractivity contribution in [2.24, 2.45) is 11.8 Å². The Labute approximate surface area is 115 Å². The molecular weight excluding hydrogens is 240 g/mol. The van der Waals surface area contributed by atoms with Crippen LogP contribution >= 0.6 is 0 Å². The molecule has 0 spiro atoms. The van der Waals surface area contributed by atoms with Gasteiger partial charge in [0.05, 0.1) is 12.1 Å². The molecule has 4 heteroatoms. The molecule has 5 unspecified atom stereocenters. The second kappa shape index (κ2) is 5.80. The van der Waals surface area contributed by atoms with Crippen LogP contribution in [0.2, 0.25) is 0 Å². The molecule has 1 aliphatic carbocycles. The molecule has 0 aromatic rings. The molecule has 3 fully saturated rings. The molecule has 1 saturated carbocycles. The van der Waals surface area contributed by atoms with Crippen LogP contribution in [0.15, 0.2) is 0 Å². The molecule has 0 aromatic heterocycles. The molecule has 2 heterocycles. The van der Waals surface area contributed by atoms with Crippen LogP contribution in [-0.2, 0) is 9.53 Å². The SMILES string of the molecule is CC1OCCC1CNC(=O)C1CC2CCCCC2N1. The number of ether oxygens (including phenoxy) is 1. The van der Waals surface area contributed by atoms with Gasteiger partial charge in [-0.15, -0.1) is 0 Å². The minimum atomic E-state index is 0.0470. The van der Waals surface area contributed by atoms with E-state index >= 15 is 0 Å². The maximum Gasteiger partial charge on any atom is 0.237 e. The number of amides is 1. The molecule has 2 N–H and O–H groups in total. The molecule has 1 amide bonds. The zero-order valence-electron chi connectivity index (χ0n) is 11.9.